The fourth-order valence-corrected chi connectivity index (χ4v) is 3.55. The van der Waals surface area contributed by atoms with Gasteiger partial charge in [0.1, 0.15) is 4.88 Å². The van der Waals surface area contributed by atoms with Crippen LogP contribution >= 0.6 is 22.9 Å². The minimum absolute atomic E-state index is 0.0700. The molecule has 1 aliphatic rings. The van der Waals surface area contributed by atoms with Crippen LogP contribution in [0.3, 0.4) is 0 Å². The van der Waals surface area contributed by atoms with Crippen molar-refractivity contribution in [3.63, 3.8) is 0 Å². The Morgan fingerprint density at radius 2 is 2.42 bits per heavy atom. The number of rotatable bonds is 4. The van der Waals surface area contributed by atoms with Gasteiger partial charge >= 0.3 is 0 Å². The van der Waals surface area contributed by atoms with Crippen molar-refractivity contribution in [1.82, 2.24) is 10.2 Å². The lowest BCUT2D eigenvalue weighted by Gasteiger charge is -2.32. The molecule has 1 atom stereocenters. The Morgan fingerprint density at radius 1 is 1.63 bits per heavy atom. The summed E-state index contributed by atoms with van der Waals surface area (Å²) < 4.78 is 0. The van der Waals surface area contributed by atoms with Gasteiger partial charge in [-0.05, 0) is 57.1 Å². The lowest BCUT2D eigenvalue weighted by atomic mass is 9.98. The molecule has 0 aliphatic carbocycles. The molecule has 0 spiro atoms. The first-order valence-electron chi connectivity index (χ1n) is 6.84. The van der Waals surface area contributed by atoms with E-state index in [1.807, 2.05) is 10.3 Å². The number of piperidine rings is 1. The van der Waals surface area contributed by atoms with Gasteiger partial charge in [0, 0.05) is 12.6 Å². The maximum Gasteiger partial charge on any atom is 0.265 e. The number of carbonyl (C=O) groups excluding carboxylic acids is 1. The van der Waals surface area contributed by atoms with E-state index in [2.05, 4.69) is 19.2 Å². The van der Waals surface area contributed by atoms with Crippen LogP contribution in [0.1, 0.15) is 36.4 Å². The van der Waals surface area contributed by atoms with E-state index in [0.717, 1.165) is 19.6 Å². The predicted octanol–water partition coefficient (Wildman–Crippen LogP) is 3.25. The Balaban J connectivity index is 2.07. The van der Waals surface area contributed by atoms with Gasteiger partial charge in [0.2, 0.25) is 0 Å². The predicted molar refractivity (Wildman–Crippen MR) is 81.1 cm³/mol. The molecule has 2 rings (SSSR count). The van der Waals surface area contributed by atoms with Crippen LogP contribution in [-0.2, 0) is 0 Å². The number of hydrogen-bond acceptors (Lipinski definition) is 3. The molecule has 0 saturated carbocycles. The molecule has 1 aromatic heterocycles. The standard InChI is InChI=1S/C14H21ClN2OS/c1-10(2)17(9-11-4-3-6-16-8-11)14(18)13-12(15)5-7-19-13/h5,7,10-11,16H,3-4,6,8-9H2,1-2H3. The van der Waals surface area contributed by atoms with E-state index in [1.165, 1.54) is 24.2 Å². The van der Waals surface area contributed by atoms with Crippen molar-refractivity contribution in [2.24, 2.45) is 5.92 Å². The van der Waals surface area contributed by atoms with E-state index >= 15 is 0 Å². The second-order valence-electron chi connectivity index (χ2n) is 5.36. The monoisotopic (exact) mass is 300 g/mol. The number of thiophene rings is 1. The first kappa shape index (κ1) is 14.8. The third-order valence-corrected chi connectivity index (χ3v) is 4.88. The minimum Gasteiger partial charge on any atom is -0.335 e. The molecule has 1 fully saturated rings. The summed E-state index contributed by atoms with van der Waals surface area (Å²) in [6, 6.07) is 1.99. The van der Waals surface area contributed by atoms with Crippen LogP contribution < -0.4 is 5.32 Å². The van der Waals surface area contributed by atoms with Gasteiger partial charge in [-0.15, -0.1) is 11.3 Å². The van der Waals surface area contributed by atoms with E-state index in [1.54, 1.807) is 6.07 Å². The van der Waals surface area contributed by atoms with E-state index in [9.17, 15) is 4.79 Å². The van der Waals surface area contributed by atoms with Crippen LogP contribution in [0, 0.1) is 5.92 Å². The normalized spacial score (nSPS) is 19.7. The number of halogens is 1. The lowest BCUT2D eigenvalue weighted by molar-refractivity contribution is 0.0666. The zero-order valence-corrected chi connectivity index (χ0v) is 13.1. The fourth-order valence-electron chi connectivity index (χ4n) is 2.46. The molecule has 0 bridgehead atoms. The van der Waals surface area contributed by atoms with Crippen molar-refractivity contribution in [3.05, 3.63) is 21.3 Å². The molecule has 0 radical (unpaired) electrons. The van der Waals surface area contributed by atoms with Gasteiger partial charge < -0.3 is 10.2 Å². The summed E-state index contributed by atoms with van der Waals surface area (Å²) in [5, 5.41) is 5.85. The van der Waals surface area contributed by atoms with Gasteiger partial charge in [-0.3, -0.25) is 4.79 Å². The summed E-state index contributed by atoms with van der Waals surface area (Å²) in [7, 11) is 0. The molecular formula is C14H21ClN2OS. The van der Waals surface area contributed by atoms with Crippen LogP contribution in [-0.4, -0.2) is 36.5 Å². The van der Waals surface area contributed by atoms with Crippen molar-refractivity contribution < 1.29 is 4.79 Å². The second-order valence-corrected chi connectivity index (χ2v) is 6.68. The third-order valence-electron chi connectivity index (χ3n) is 3.55. The molecule has 1 unspecified atom stereocenters. The number of amides is 1. The van der Waals surface area contributed by atoms with Gasteiger partial charge in [0.15, 0.2) is 0 Å². The average Bonchev–Trinajstić information content (AvgIpc) is 2.82. The molecule has 0 aromatic carbocycles. The number of nitrogens with zero attached hydrogens (tertiary/aromatic N) is 1. The van der Waals surface area contributed by atoms with E-state index < -0.39 is 0 Å². The van der Waals surface area contributed by atoms with Gasteiger partial charge in [-0.2, -0.15) is 0 Å². The maximum absolute atomic E-state index is 12.6. The molecule has 1 aliphatic heterocycles. The molecule has 1 aromatic rings. The molecule has 106 valence electrons. The van der Waals surface area contributed by atoms with E-state index in [0.29, 0.717) is 15.8 Å². The van der Waals surface area contributed by atoms with Crippen LogP contribution in [0.15, 0.2) is 11.4 Å². The maximum atomic E-state index is 12.6. The molecule has 1 saturated heterocycles. The Morgan fingerprint density at radius 3 is 2.95 bits per heavy atom. The molecule has 3 nitrogen and oxygen atoms in total. The van der Waals surface area contributed by atoms with Crippen LogP contribution in [0.5, 0.6) is 0 Å². The topological polar surface area (TPSA) is 32.3 Å². The van der Waals surface area contributed by atoms with E-state index in [-0.39, 0.29) is 11.9 Å². The van der Waals surface area contributed by atoms with Gasteiger partial charge in [0.25, 0.3) is 5.91 Å². The highest BCUT2D eigenvalue weighted by Gasteiger charge is 2.25. The first-order valence-corrected chi connectivity index (χ1v) is 8.10. The summed E-state index contributed by atoms with van der Waals surface area (Å²) in [6.45, 7) is 7.06. The molecule has 2 heterocycles. The summed E-state index contributed by atoms with van der Waals surface area (Å²) in [5.41, 5.74) is 0. The van der Waals surface area contributed by atoms with Gasteiger partial charge in [-0.1, -0.05) is 11.6 Å². The Kier molecular flexibility index (Phi) is 5.25. The number of nitrogens with one attached hydrogen (secondary N) is 1. The second kappa shape index (κ2) is 6.73. The van der Waals surface area contributed by atoms with Crippen molar-refractivity contribution in [2.75, 3.05) is 19.6 Å². The molecule has 1 amide bonds. The fraction of sp³-hybridized carbons (Fsp3) is 0.643. The highest BCUT2D eigenvalue weighted by atomic mass is 35.5. The van der Waals surface area contributed by atoms with Crippen LogP contribution in [0.4, 0.5) is 0 Å². The van der Waals surface area contributed by atoms with Crippen molar-refractivity contribution >= 4 is 28.8 Å². The molecule has 5 heteroatoms. The average molecular weight is 301 g/mol. The van der Waals surface area contributed by atoms with E-state index in [4.69, 9.17) is 11.6 Å². The zero-order chi connectivity index (χ0) is 13.8. The smallest absolute Gasteiger partial charge is 0.265 e. The summed E-state index contributed by atoms with van der Waals surface area (Å²) in [5.74, 6) is 0.624. The molecule has 19 heavy (non-hydrogen) atoms. The number of carbonyl (C=O) groups is 1. The summed E-state index contributed by atoms with van der Waals surface area (Å²) in [4.78, 5) is 15.2. The lowest BCUT2D eigenvalue weighted by Crippen LogP contribution is -2.44. The summed E-state index contributed by atoms with van der Waals surface area (Å²) >= 11 is 7.50. The Labute approximate surface area is 123 Å². The van der Waals surface area contributed by atoms with Crippen molar-refractivity contribution in [1.29, 1.82) is 0 Å². The summed E-state index contributed by atoms with van der Waals surface area (Å²) in [6.07, 6.45) is 2.40. The minimum atomic E-state index is 0.0700. The number of hydrogen-bond donors (Lipinski definition) is 1. The molecular weight excluding hydrogens is 280 g/mol. The SMILES string of the molecule is CC(C)N(CC1CCCNC1)C(=O)c1sccc1Cl. The Hall–Kier alpha value is -0.580. The largest absolute Gasteiger partial charge is 0.335 e. The van der Waals surface area contributed by atoms with Crippen LogP contribution in [0.2, 0.25) is 5.02 Å². The highest BCUT2D eigenvalue weighted by molar-refractivity contribution is 7.12. The molecule has 1 N–H and O–H groups in total. The quantitative estimate of drug-likeness (QED) is 0.926. The first-order chi connectivity index (χ1) is 9.09. The highest BCUT2D eigenvalue weighted by Crippen LogP contribution is 2.25. The van der Waals surface area contributed by atoms with Crippen molar-refractivity contribution in [2.45, 2.75) is 32.7 Å². The van der Waals surface area contributed by atoms with Gasteiger partial charge in [-0.25, -0.2) is 0 Å². The van der Waals surface area contributed by atoms with Gasteiger partial charge in [0.05, 0.1) is 5.02 Å². The van der Waals surface area contributed by atoms with Crippen LogP contribution in [0.25, 0.3) is 0 Å². The third kappa shape index (κ3) is 3.71. The van der Waals surface area contributed by atoms with Crippen molar-refractivity contribution in [3.8, 4) is 0 Å². The zero-order valence-electron chi connectivity index (χ0n) is 11.5. The Bertz CT molecular complexity index is 427.